The zero-order valence-corrected chi connectivity index (χ0v) is 31.6. The molecule has 1 atom stereocenters. The van der Waals surface area contributed by atoms with Gasteiger partial charge in [-0.2, -0.15) is 0 Å². The number of aromatic nitrogens is 3. The van der Waals surface area contributed by atoms with E-state index < -0.39 is 6.29 Å². The number of para-hydroxylation sites is 4. The van der Waals surface area contributed by atoms with Crippen molar-refractivity contribution in [2.75, 3.05) is 0 Å². The maximum absolute atomic E-state index is 11.3. The summed E-state index contributed by atoms with van der Waals surface area (Å²) in [6.45, 7) is 1.87. The number of ether oxygens (including phenoxy) is 2. The number of phenols is 6. The highest BCUT2D eigenvalue weighted by atomic mass is 16.7. The van der Waals surface area contributed by atoms with E-state index in [0.29, 0.717) is 56.7 Å². The molecule has 1 aromatic heterocycles. The lowest BCUT2D eigenvalue weighted by Crippen LogP contribution is -2.22. The molecular formula is C48H37N3O8. The summed E-state index contributed by atoms with van der Waals surface area (Å²) in [6, 6.07) is 42.2. The number of aromatic hydroxyl groups is 6. The molecule has 59 heavy (non-hydrogen) atoms. The third kappa shape index (κ3) is 7.98. The maximum Gasteiger partial charge on any atom is 0.240 e. The summed E-state index contributed by atoms with van der Waals surface area (Å²) >= 11 is 0. The fourth-order valence-corrected chi connectivity index (χ4v) is 6.69. The van der Waals surface area contributed by atoms with Gasteiger partial charge in [0.15, 0.2) is 17.5 Å². The highest BCUT2D eigenvalue weighted by molar-refractivity contribution is 5.86. The van der Waals surface area contributed by atoms with Crippen molar-refractivity contribution in [2.24, 2.45) is 0 Å². The van der Waals surface area contributed by atoms with Gasteiger partial charge in [-0.25, -0.2) is 15.0 Å². The van der Waals surface area contributed by atoms with Crippen LogP contribution >= 0.6 is 0 Å². The van der Waals surface area contributed by atoms with E-state index in [-0.39, 0.29) is 63.3 Å². The fourth-order valence-electron chi connectivity index (χ4n) is 6.69. The van der Waals surface area contributed by atoms with Gasteiger partial charge < -0.3 is 40.1 Å². The van der Waals surface area contributed by atoms with Gasteiger partial charge in [0.25, 0.3) is 0 Å². The Balaban J connectivity index is 1.06. The van der Waals surface area contributed by atoms with Gasteiger partial charge in [0, 0.05) is 35.2 Å². The van der Waals surface area contributed by atoms with Crippen molar-refractivity contribution in [3.05, 3.63) is 152 Å². The number of nitrogens with zero attached hydrogens (tertiary/aromatic N) is 3. The Labute approximate surface area is 339 Å². The molecule has 0 spiro atoms. The molecule has 1 unspecified atom stereocenters. The lowest BCUT2D eigenvalue weighted by molar-refractivity contribution is 0.00310. The molecule has 1 heterocycles. The second kappa shape index (κ2) is 16.2. The normalized spacial score (nSPS) is 11.5. The van der Waals surface area contributed by atoms with Crippen molar-refractivity contribution >= 4 is 0 Å². The van der Waals surface area contributed by atoms with Crippen LogP contribution in [0.1, 0.15) is 13.3 Å². The van der Waals surface area contributed by atoms with Crippen LogP contribution in [0.5, 0.6) is 46.0 Å². The number of hydrogen-bond donors (Lipinski definition) is 6. The summed E-state index contributed by atoms with van der Waals surface area (Å²) in [5.74, 6) is 0.803. The Hall–Kier alpha value is -8.05. The van der Waals surface area contributed by atoms with Crippen LogP contribution in [-0.4, -0.2) is 51.9 Å². The smallest absolute Gasteiger partial charge is 0.240 e. The Bertz CT molecular complexity index is 2510. The number of phenolic OH excluding ortho intramolecular Hbond substituents is 6. The zero-order chi connectivity index (χ0) is 41.0. The maximum atomic E-state index is 11.3. The third-order valence-electron chi connectivity index (χ3n) is 9.65. The first-order chi connectivity index (χ1) is 28.6. The van der Waals surface area contributed by atoms with Crippen LogP contribution in [0, 0.1) is 0 Å². The van der Waals surface area contributed by atoms with E-state index in [1.54, 1.807) is 97.1 Å². The van der Waals surface area contributed by atoms with Crippen LogP contribution in [0.15, 0.2) is 152 Å². The number of benzene rings is 7. The molecule has 0 aliphatic carbocycles. The first-order valence-corrected chi connectivity index (χ1v) is 18.7. The zero-order valence-electron chi connectivity index (χ0n) is 31.6. The minimum atomic E-state index is -0.819. The van der Waals surface area contributed by atoms with Crippen molar-refractivity contribution < 1.29 is 40.1 Å². The van der Waals surface area contributed by atoms with Crippen molar-refractivity contribution in [1.82, 2.24) is 15.0 Å². The first-order valence-electron chi connectivity index (χ1n) is 18.7. The van der Waals surface area contributed by atoms with Crippen LogP contribution in [0.25, 0.3) is 67.5 Å². The Morgan fingerprint density at radius 1 is 0.373 bits per heavy atom. The standard InChI is InChI=1S/C48H37N3O8/c1-2-45(58-31-19-21-35(43(56)26-31)30-24-28(33-11-3-7-15-39(33)52)23-29(25-30)34-12-4-8-16-40(34)53)59-32-20-22-38(44(57)27-32)48-50-46(36-13-5-9-17-41(36)54)49-47(51-48)37-14-6-10-18-42(37)55/h3-27,45,52-57H,2H2,1H3. The molecule has 0 fully saturated rings. The van der Waals surface area contributed by atoms with Gasteiger partial charge in [-0.1, -0.05) is 67.6 Å². The Kier molecular flexibility index (Phi) is 10.4. The summed E-state index contributed by atoms with van der Waals surface area (Å²) in [5, 5.41) is 65.1. The van der Waals surface area contributed by atoms with Gasteiger partial charge in [-0.3, -0.25) is 0 Å². The molecule has 6 N–H and O–H groups in total. The second-order valence-corrected chi connectivity index (χ2v) is 13.6. The van der Waals surface area contributed by atoms with E-state index >= 15 is 0 Å². The molecule has 0 saturated carbocycles. The summed E-state index contributed by atoms with van der Waals surface area (Å²) in [5.41, 5.74) is 4.63. The van der Waals surface area contributed by atoms with E-state index in [4.69, 9.17) is 9.47 Å². The SMILES string of the molecule is CCC(Oc1ccc(-c2cc(-c3ccccc3O)cc(-c3ccccc3O)c2)c(O)c1)Oc1ccc(-c2nc(-c3ccccc3O)nc(-c3ccccc3O)n2)c(O)c1. The van der Waals surface area contributed by atoms with Crippen molar-refractivity contribution in [2.45, 2.75) is 19.6 Å². The monoisotopic (exact) mass is 783 g/mol. The molecule has 0 bridgehead atoms. The molecule has 0 saturated heterocycles. The molecule has 0 radical (unpaired) electrons. The Morgan fingerprint density at radius 3 is 1.02 bits per heavy atom. The van der Waals surface area contributed by atoms with Crippen LogP contribution in [-0.2, 0) is 0 Å². The van der Waals surface area contributed by atoms with Gasteiger partial charge in [0.2, 0.25) is 6.29 Å². The fraction of sp³-hybridized carbons (Fsp3) is 0.0625. The minimum Gasteiger partial charge on any atom is -0.507 e. The quantitative estimate of drug-likeness (QED) is 0.0688. The topological polar surface area (TPSA) is 179 Å². The van der Waals surface area contributed by atoms with Gasteiger partial charge >= 0.3 is 0 Å². The van der Waals surface area contributed by atoms with Crippen LogP contribution in [0.3, 0.4) is 0 Å². The number of rotatable bonds is 11. The van der Waals surface area contributed by atoms with Gasteiger partial charge in [0.1, 0.15) is 46.0 Å². The van der Waals surface area contributed by atoms with E-state index in [9.17, 15) is 30.6 Å². The van der Waals surface area contributed by atoms with E-state index in [2.05, 4.69) is 15.0 Å². The van der Waals surface area contributed by atoms with Crippen LogP contribution in [0.4, 0.5) is 0 Å². The molecule has 0 aliphatic heterocycles. The average molecular weight is 784 g/mol. The molecule has 8 rings (SSSR count). The van der Waals surface area contributed by atoms with Crippen LogP contribution < -0.4 is 9.47 Å². The highest BCUT2D eigenvalue weighted by Gasteiger charge is 2.20. The molecule has 11 nitrogen and oxygen atoms in total. The molecular weight excluding hydrogens is 747 g/mol. The predicted octanol–water partition coefficient (Wildman–Crippen LogP) is 10.3. The van der Waals surface area contributed by atoms with E-state index in [0.717, 1.165) is 0 Å². The summed E-state index contributed by atoms with van der Waals surface area (Å²) in [7, 11) is 0. The van der Waals surface area contributed by atoms with Gasteiger partial charge in [-0.05, 0) is 95.6 Å². The third-order valence-corrected chi connectivity index (χ3v) is 9.65. The summed E-state index contributed by atoms with van der Waals surface area (Å²) in [4.78, 5) is 13.7. The molecule has 0 aliphatic rings. The molecule has 8 aromatic rings. The summed E-state index contributed by atoms with van der Waals surface area (Å²) < 4.78 is 12.3. The van der Waals surface area contributed by atoms with Crippen LogP contribution in [0.2, 0.25) is 0 Å². The number of hydrogen-bond acceptors (Lipinski definition) is 11. The van der Waals surface area contributed by atoms with Gasteiger partial charge in [-0.15, -0.1) is 0 Å². The van der Waals surface area contributed by atoms with Gasteiger partial charge in [0.05, 0.1) is 16.7 Å². The second-order valence-electron chi connectivity index (χ2n) is 13.6. The molecule has 0 amide bonds. The van der Waals surface area contributed by atoms with E-state index in [1.165, 1.54) is 24.3 Å². The minimum absolute atomic E-state index is 0.0498. The highest BCUT2D eigenvalue weighted by Crippen LogP contribution is 2.42. The summed E-state index contributed by atoms with van der Waals surface area (Å²) in [6.07, 6.45) is -0.418. The molecule has 11 heteroatoms. The Morgan fingerprint density at radius 2 is 0.678 bits per heavy atom. The van der Waals surface area contributed by atoms with E-state index in [1.807, 2.05) is 37.3 Å². The molecule has 7 aromatic carbocycles. The van der Waals surface area contributed by atoms with Crippen molar-refractivity contribution in [3.8, 4) is 114 Å². The lowest BCUT2D eigenvalue weighted by atomic mass is 9.92. The molecule has 292 valence electrons. The largest absolute Gasteiger partial charge is 0.507 e. The lowest BCUT2D eigenvalue weighted by Gasteiger charge is -2.20. The predicted molar refractivity (Wildman–Crippen MR) is 224 cm³/mol. The average Bonchev–Trinajstić information content (AvgIpc) is 3.24. The first kappa shape index (κ1) is 37.9. The van der Waals surface area contributed by atoms with Crippen molar-refractivity contribution in [1.29, 1.82) is 0 Å². The van der Waals surface area contributed by atoms with Crippen molar-refractivity contribution in [3.63, 3.8) is 0 Å².